The number of thiophene rings is 1. The van der Waals surface area contributed by atoms with Crippen LogP contribution in [0.5, 0.6) is 0 Å². The third-order valence-corrected chi connectivity index (χ3v) is 5.09. The van der Waals surface area contributed by atoms with E-state index < -0.39 is 6.04 Å². The molecule has 0 radical (unpaired) electrons. The number of nitrogens with two attached hydrogens (primary N) is 2. The van der Waals surface area contributed by atoms with E-state index in [0.29, 0.717) is 22.5 Å². The molecule has 1 heterocycles. The smallest absolute Gasteiger partial charge is 0.255 e. The molecule has 0 fully saturated rings. The number of carbonyl (C=O) groups excluding carboxylic acids is 2. The topological polar surface area (TPSA) is 110 Å². The zero-order valence-corrected chi connectivity index (χ0v) is 15.5. The molecular weight excluding hydrogens is 360 g/mol. The van der Waals surface area contributed by atoms with Gasteiger partial charge in [0.15, 0.2) is 0 Å². The van der Waals surface area contributed by atoms with Crippen molar-refractivity contribution in [3.05, 3.63) is 71.1 Å². The molecule has 0 spiro atoms. The van der Waals surface area contributed by atoms with Gasteiger partial charge in [-0.05, 0) is 46.8 Å². The average Bonchev–Trinajstić information content (AvgIpc) is 3.23. The van der Waals surface area contributed by atoms with Crippen molar-refractivity contribution >= 4 is 34.5 Å². The van der Waals surface area contributed by atoms with Gasteiger partial charge in [0, 0.05) is 17.5 Å². The summed E-state index contributed by atoms with van der Waals surface area (Å²) in [5.41, 5.74) is 15.0. The highest BCUT2D eigenvalue weighted by molar-refractivity contribution is 7.13. The van der Waals surface area contributed by atoms with E-state index in [-0.39, 0.29) is 11.8 Å². The molecule has 6 N–H and O–H groups in total. The van der Waals surface area contributed by atoms with Crippen molar-refractivity contribution in [2.45, 2.75) is 6.04 Å². The second-order valence-corrected chi connectivity index (χ2v) is 6.90. The summed E-state index contributed by atoms with van der Waals surface area (Å²) in [4.78, 5) is 25.3. The number of anilines is 2. The third kappa shape index (κ3) is 4.16. The van der Waals surface area contributed by atoms with Gasteiger partial charge >= 0.3 is 0 Å². The highest BCUT2D eigenvalue weighted by Gasteiger charge is 2.15. The van der Waals surface area contributed by atoms with Crippen molar-refractivity contribution in [2.24, 2.45) is 5.73 Å². The largest absolute Gasteiger partial charge is 0.397 e. The minimum absolute atomic E-state index is 0.287. The van der Waals surface area contributed by atoms with Crippen LogP contribution in [0.4, 0.5) is 11.4 Å². The maximum atomic E-state index is 12.6. The zero-order valence-electron chi connectivity index (χ0n) is 14.7. The Labute approximate surface area is 161 Å². The van der Waals surface area contributed by atoms with Gasteiger partial charge in [-0.2, -0.15) is 0 Å². The summed E-state index contributed by atoms with van der Waals surface area (Å²) in [6.07, 6.45) is 0. The molecule has 1 atom stereocenters. The first-order valence-electron chi connectivity index (χ1n) is 8.31. The lowest BCUT2D eigenvalue weighted by Gasteiger charge is -2.12. The predicted molar refractivity (Wildman–Crippen MR) is 110 cm³/mol. The van der Waals surface area contributed by atoms with Crippen molar-refractivity contribution in [3.63, 3.8) is 0 Å². The molecule has 138 valence electrons. The van der Waals surface area contributed by atoms with Crippen molar-refractivity contribution in [3.8, 4) is 10.4 Å². The molecule has 3 rings (SSSR count). The van der Waals surface area contributed by atoms with E-state index in [4.69, 9.17) is 11.5 Å². The fourth-order valence-electron chi connectivity index (χ4n) is 2.60. The van der Waals surface area contributed by atoms with Crippen LogP contribution >= 0.6 is 11.3 Å². The molecular formula is C20H20N4O2S. The summed E-state index contributed by atoms with van der Waals surface area (Å²) < 4.78 is 0. The maximum Gasteiger partial charge on any atom is 0.255 e. The van der Waals surface area contributed by atoms with Crippen LogP contribution in [0, 0.1) is 0 Å². The minimum Gasteiger partial charge on any atom is -0.397 e. The van der Waals surface area contributed by atoms with E-state index in [1.165, 1.54) is 7.05 Å². The number of hydrogen-bond donors (Lipinski definition) is 4. The van der Waals surface area contributed by atoms with Crippen LogP contribution < -0.4 is 22.1 Å². The molecule has 0 bridgehead atoms. The summed E-state index contributed by atoms with van der Waals surface area (Å²) in [7, 11) is 1.53. The van der Waals surface area contributed by atoms with Gasteiger partial charge in [-0.15, -0.1) is 11.3 Å². The molecule has 2 amide bonds. The summed E-state index contributed by atoms with van der Waals surface area (Å²) in [6.45, 7) is 0. The van der Waals surface area contributed by atoms with Crippen molar-refractivity contribution < 1.29 is 9.59 Å². The third-order valence-electron chi connectivity index (χ3n) is 4.17. The number of hydrogen-bond acceptors (Lipinski definition) is 5. The molecule has 3 aromatic rings. The highest BCUT2D eigenvalue weighted by Crippen LogP contribution is 2.30. The Morgan fingerprint density at radius 1 is 1.07 bits per heavy atom. The molecule has 0 saturated carbocycles. The number of benzene rings is 2. The SMILES string of the molecule is CNC(=O)[C@H](N)c1ccc(C(=O)Nc2cc(-c3cccs3)ccc2N)cc1. The highest BCUT2D eigenvalue weighted by atomic mass is 32.1. The first-order chi connectivity index (χ1) is 13.0. The monoisotopic (exact) mass is 380 g/mol. The second-order valence-electron chi connectivity index (χ2n) is 5.95. The quantitative estimate of drug-likeness (QED) is 0.510. The molecule has 2 aromatic carbocycles. The van der Waals surface area contributed by atoms with E-state index in [2.05, 4.69) is 10.6 Å². The van der Waals surface area contributed by atoms with E-state index in [1.54, 1.807) is 41.7 Å². The normalized spacial score (nSPS) is 11.6. The Kier molecular flexibility index (Phi) is 5.54. The first-order valence-corrected chi connectivity index (χ1v) is 9.19. The molecule has 6 nitrogen and oxygen atoms in total. The molecule has 0 aliphatic heterocycles. The van der Waals surface area contributed by atoms with Gasteiger partial charge in [0.25, 0.3) is 5.91 Å². The minimum atomic E-state index is -0.773. The van der Waals surface area contributed by atoms with Crippen molar-refractivity contribution in [1.82, 2.24) is 5.32 Å². The lowest BCUT2D eigenvalue weighted by atomic mass is 10.0. The van der Waals surface area contributed by atoms with Gasteiger partial charge < -0.3 is 22.1 Å². The number of amides is 2. The van der Waals surface area contributed by atoms with Crippen LogP contribution in [0.3, 0.4) is 0 Å². The van der Waals surface area contributed by atoms with E-state index in [0.717, 1.165) is 10.4 Å². The number of nitrogens with one attached hydrogen (secondary N) is 2. The maximum absolute atomic E-state index is 12.6. The van der Waals surface area contributed by atoms with Crippen LogP contribution in [0.15, 0.2) is 60.0 Å². The number of rotatable bonds is 5. The Hall–Kier alpha value is -3.16. The van der Waals surface area contributed by atoms with Crippen LogP contribution in [0.2, 0.25) is 0 Å². The summed E-state index contributed by atoms with van der Waals surface area (Å²) in [6, 6.07) is 15.4. The van der Waals surface area contributed by atoms with Gasteiger partial charge in [0.2, 0.25) is 5.91 Å². The lowest BCUT2D eigenvalue weighted by molar-refractivity contribution is -0.121. The van der Waals surface area contributed by atoms with Gasteiger partial charge in [0.1, 0.15) is 6.04 Å². The van der Waals surface area contributed by atoms with E-state index in [1.807, 2.05) is 29.6 Å². The average molecular weight is 380 g/mol. The summed E-state index contributed by atoms with van der Waals surface area (Å²) >= 11 is 1.62. The molecule has 0 aliphatic carbocycles. The van der Waals surface area contributed by atoms with Gasteiger partial charge in [0.05, 0.1) is 11.4 Å². The van der Waals surface area contributed by atoms with Crippen LogP contribution in [-0.4, -0.2) is 18.9 Å². The summed E-state index contributed by atoms with van der Waals surface area (Å²) in [5, 5.41) is 7.34. The fourth-order valence-corrected chi connectivity index (χ4v) is 3.33. The fraction of sp³-hybridized carbons (Fsp3) is 0.100. The van der Waals surface area contributed by atoms with E-state index in [9.17, 15) is 9.59 Å². The van der Waals surface area contributed by atoms with Crippen LogP contribution in [-0.2, 0) is 4.79 Å². The standard InChI is InChI=1S/C20H20N4O2S/c1-23-20(26)18(22)12-4-6-13(7-5-12)19(25)24-16-11-14(8-9-15(16)21)17-3-2-10-27-17/h2-11,18H,21-22H2,1H3,(H,23,26)(H,24,25)/t18-/m1/s1. The molecule has 0 saturated heterocycles. The Morgan fingerprint density at radius 2 is 1.81 bits per heavy atom. The predicted octanol–water partition coefficient (Wildman–Crippen LogP) is 3.00. The number of carbonyl (C=O) groups is 2. The second kappa shape index (κ2) is 8.03. The Balaban J connectivity index is 1.77. The van der Waals surface area contributed by atoms with Gasteiger partial charge in [-0.25, -0.2) is 0 Å². The van der Waals surface area contributed by atoms with Crippen molar-refractivity contribution in [2.75, 3.05) is 18.1 Å². The molecule has 1 aromatic heterocycles. The summed E-state index contributed by atoms with van der Waals surface area (Å²) in [5.74, 6) is -0.574. The number of nitrogen functional groups attached to an aromatic ring is 1. The molecule has 0 aliphatic rings. The number of likely N-dealkylation sites (N-methyl/N-ethyl adjacent to an activating group) is 1. The molecule has 0 unspecified atom stereocenters. The Bertz CT molecular complexity index is 953. The van der Waals surface area contributed by atoms with Crippen LogP contribution in [0.1, 0.15) is 22.0 Å². The Morgan fingerprint density at radius 3 is 2.44 bits per heavy atom. The van der Waals surface area contributed by atoms with Crippen LogP contribution in [0.25, 0.3) is 10.4 Å². The first kappa shape index (κ1) is 18.6. The molecule has 27 heavy (non-hydrogen) atoms. The van der Waals surface area contributed by atoms with Gasteiger partial charge in [-0.1, -0.05) is 24.3 Å². The lowest BCUT2D eigenvalue weighted by Crippen LogP contribution is -2.31. The van der Waals surface area contributed by atoms with Crippen molar-refractivity contribution in [1.29, 1.82) is 0 Å². The van der Waals surface area contributed by atoms with Gasteiger partial charge in [-0.3, -0.25) is 9.59 Å². The molecule has 7 heteroatoms. The van der Waals surface area contributed by atoms with E-state index >= 15 is 0 Å². The zero-order chi connectivity index (χ0) is 19.4.